The molecule has 7 nitrogen and oxygen atoms in total. The molecule has 31 heavy (non-hydrogen) atoms. The highest BCUT2D eigenvalue weighted by atomic mass is 19.1. The number of piperidine rings is 1. The summed E-state index contributed by atoms with van der Waals surface area (Å²) in [6, 6.07) is 3.60. The van der Waals surface area contributed by atoms with Crippen molar-refractivity contribution in [2.45, 2.75) is 19.0 Å². The molecule has 0 amide bonds. The molecule has 2 aliphatic rings. The quantitative estimate of drug-likeness (QED) is 0.661. The van der Waals surface area contributed by atoms with Crippen LogP contribution in [0.3, 0.4) is 0 Å². The van der Waals surface area contributed by atoms with E-state index in [0.29, 0.717) is 12.6 Å². The van der Waals surface area contributed by atoms with Crippen LogP contribution in [-0.4, -0.2) is 39.3 Å². The lowest BCUT2D eigenvalue weighted by molar-refractivity contribution is 0.0695. The number of aromatic nitrogens is 2. The third-order valence-electron chi connectivity index (χ3n) is 6.33. The second kappa shape index (κ2) is 6.55. The second-order valence-electron chi connectivity index (χ2n) is 8.02. The van der Waals surface area contributed by atoms with Gasteiger partial charge < -0.3 is 15.7 Å². The number of benzene rings is 1. The molecule has 3 aromatic rings. The van der Waals surface area contributed by atoms with Gasteiger partial charge in [0.05, 0.1) is 11.1 Å². The van der Waals surface area contributed by atoms with Crippen molar-refractivity contribution < 1.29 is 23.1 Å². The molecular formula is C21H17F3N4O3. The lowest BCUT2D eigenvalue weighted by atomic mass is 10.1. The highest BCUT2D eigenvalue weighted by molar-refractivity contribution is 5.92. The fraction of sp³-hybridized carbons (Fsp3) is 0.286. The van der Waals surface area contributed by atoms with Crippen molar-refractivity contribution in [2.75, 3.05) is 11.4 Å². The molecule has 4 atom stereocenters. The number of anilines is 1. The van der Waals surface area contributed by atoms with Gasteiger partial charge >= 0.3 is 5.97 Å². The normalized spacial score (nSPS) is 24.5. The predicted octanol–water partition coefficient (Wildman–Crippen LogP) is 2.28. The average molecular weight is 430 g/mol. The van der Waals surface area contributed by atoms with Crippen LogP contribution in [0.25, 0.3) is 16.7 Å². The Morgan fingerprint density at radius 3 is 2.58 bits per heavy atom. The number of aromatic carboxylic acids is 1. The number of hydrogen-bond donors (Lipinski definition) is 2. The van der Waals surface area contributed by atoms with Crippen molar-refractivity contribution in [2.24, 2.45) is 17.6 Å². The van der Waals surface area contributed by atoms with E-state index in [4.69, 9.17) is 5.73 Å². The average Bonchev–Trinajstić information content (AvgIpc) is 3.20. The molecule has 1 unspecified atom stereocenters. The van der Waals surface area contributed by atoms with E-state index in [2.05, 4.69) is 4.98 Å². The fourth-order valence-corrected chi connectivity index (χ4v) is 4.66. The molecule has 1 saturated carbocycles. The Balaban J connectivity index is 1.77. The van der Waals surface area contributed by atoms with Crippen LogP contribution in [0.5, 0.6) is 0 Å². The van der Waals surface area contributed by atoms with Crippen LogP contribution in [0.2, 0.25) is 0 Å². The van der Waals surface area contributed by atoms with E-state index in [1.54, 1.807) is 4.90 Å². The van der Waals surface area contributed by atoms with E-state index in [-0.39, 0.29) is 46.5 Å². The number of pyridine rings is 2. The molecule has 2 fully saturated rings. The topological polar surface area (TPSA) is 101 Å². The summed E-state index contributed by atoms with van der Waals surface area (Å²) in [7, 11) is 0. The fourth-order valence-electron chi connectivity index (χ4n) is 4.66. The van der Waals surface area contributed by atoms with Gasteiger partial charge in [-0.25, -0.2) is 22.9 Å². The molecule has 2 aromatic heterocycles. The molecule has 5 rings (SSSR count). The number of fused-ring (bicyclic) bond motifs is 2. The van der Waals surface area contributed by atoms with E-state index >= 15 is 4.39 Å². The number of nitrogens with two attached hydrogens (primary N) is 1. The molecule has 160 valence electrons. The van der Waals surface area contributed by atoms with Gasteiger partial charge in [-0.15, -0.1) is 0 Å². The SMILES string of the molecule is C[C@@H]1[C@H]2C(CN1c1nc3c(cc1F)c(=O)c(C(=O)O)cn3-c1ccc(F)cc1F)[C@@H]2N. The smallest absolute Gasteiger partial charge is 0.341 e. The van der Waals surface area contributed by atoms with E-state index in [1.807, 2.05) is 6.92 Å². The van der Waals surface area contributed by atoms with Crippen LogP contribution in [0.4, 0.5) is 19.0 Å². The summed E-state index contributed by atoms with van der Waals surface area (Å²) in [5.41, 5.74) is 4.02. The first-order chi connectivity index (χ1) is 14.7. The summed E-state index contributed by atoms with van der Waals surface area (Å²) in [6.45, 7) is 2.40. The highest BCUT2D eigenvalue weighted by Gasteiger charge is 2.58. The van der Waals surface area contributed by atoms with Gasteiger partial charge in [-0.1, -0.05) is 0 Å². The number of carboxylic acids is 1. The Morgan fingerprint density at radius 2 is 1.97 bits per heavy atom. The van der Waals surface area contributed by atoms with Crippen molar-refractivity contribution in [1.29, 1.82) is 0 Å². The van der Waals surface area contributed by atoms with E-state index in [0.717, 1.165) is 29.0 Å². The zero-order valence-electron chi connectivity index (χ0n) is 16.2. The molecule has 1 saturated heterocycles. The van der Waals surface area contributed by atoms with Crippen LogP contribution >= 0.6 is 0 Å². The van der Waals surface area contributed by atoms with Gasteiger partial charge in [0.15, 0.2) is 17.3 Å². The Kier molecular flexibility index (Phi) is 4.13. The van der Waals surface area contributed by atoms with Gasteiger partial charge in [-0.05, 0) is 31.0 Å². The lowest BCUT2D eigenvalue weighted by Crippen LogP contribution is -2.36. The Bertz CT molecular complexity index is 1330. The molecule has 0 radical (unpaired) electrons. The van der Waals surface area contributed by atoms with Gasteiger partial charge in [0.2, 0.25) is 5.43 Å². The summed E-state index contributed by atoms with van der Waals surface area (Å²) in [4.78, 5) is 30.3. The summed E-state index contributed by atoms with van der Waals surface area (Å²) >= 11 is 0. The largest absolute Gasteiger partial charge is 0.477 e. The summed E-state index contributed by atoms with van der Waals surface area (Å²) in [6.07, 6.45) is 0.915. The number of hydrogen-bond acceptors (Lipinski definition) is 5. The first kappa shape index (κ1) is 19.6. The molecule has 1 aromatic carbocycles. The monoisotopic (exact) mass is 430 g/mol. The Hall–Kier alpha value is -3.40. The van der Waals surface area contributed by atoms with Crippen molar-refractivity contribution in [3.05, 3.63) is 63.7 Å². The van der Waals surface area contributed by atoms with Crippen LogP contribution in [-0.2, 0) is 0 Å². The zero-order chi connectivity index (χ0) is 22.2. The van der Waals surface area contributed by atoms with Crippen molar-refractivity contribution in [3.63, 3.8) is 0 Å². The number of carboxylic acid groups (broad SMARTS) is 1. The highest BCUT2D eigenvalue weighted by Crippen LogP contribution is 2.49. The Morgan fingerprint density at radius 1 is 1.23 bits per heavy atom. The first-order valence-electron chi connectivity index (χ1n) is 9.66. The third kappa shape index (κ3) is 2.82. The molecule has 0 bridgehead atoms. The number of halogens is 3. The zero-order valence-corrected chi connectivity index (χ0v) is 16.2. The molecule has 0 spiro atoms. The number of rotatable bonds is 3. The van der Waals surface area contributed by atoms with Gasteiger partial charge in [0.25, 0.3) is 0 Å². The van der Waals surface area contributed by atoms with Crippen LogP contribution in [0.1, 0.15) is 17.3 Å². The first-order valence-corrected chi connectivity index (χ1v) is 9.66. The molecule has 10 heteroatoms. The van der Waals surface area contributed by atoms with E-state index < -0.39 is 34.4 Å². The summed E-state index contributed by atoms with van der Waals surface area (Å²) in [5.74, 6) is -3.77. The van der Waals surface area contributed by atoms with Crippen molar-refractivity contribution in [3.8, 4) is 5.69 Å². The van der Waals surface area contributed by atoms with E-state index in [1.165, 1.54) is 0 Å². The molecule has 3 heterocycles. The van der Waals surface area contributed by atoms with Gasteiger partial charge in [0, 0.05) is 36.8 Å². The second-order valence-corrected chi connectivity index (χ2v) is 8.02. The van der Waals surface area contributed by atoms with E-state index in [9.17, 15) is 23.5 Å². The maximum Gasteiger partial charge on any atom is 0.341 e. The van der Waals surface area contributed by atoms with Gasteiger partial charge in [-0.3, -0.25) is 9.36 Å². The number of carbonyl (C=O) groups is 1. The number of nitrogens with zero attached hydrogens (tertiary/aromatic N) is 3. The van der Waals surface area contributed by atoms with Crippen molar-refractivity contribution in [1.82, 2.24) is 9.55 Å². The van der Waals surface area contributed by atoms with Crippen LogP contribution in [0.15, 0.2) is 35.3 Å². The predicted molar refractivity (Wildman–Crippen MR) is 106 cm³/mol. The lowest BCUT2D eigenvalue weighted by Gasteiger charge is -2.27. The minimum Gasteiger partial charge on any atom is -0.477 e. The third-order valence-corrected chi connectivity index (χ3v) is 6.33. The summed E-state index contributed by atoms with van der Waals surface area (Å²) in [5, 5.41) is 9.08. The molecule has 1 aliphatic heterocycles. The standard InChI is InChI=1S/C21H17F3N4O3/c1-8-16-11(17(16)25)6-27(8)20-14(24)5-10-18(29)12(21(30)31)7-28(19(10)26-20)15-3-2-9(22)4-13(15)23/h2-5,7-8,11,16-17H,6,25H2,1H3,(H,30,31)/t8-,11?,16+,17+/m1/s1. The van der Waals surface area contributed by atoms with Gasteiger partial charge in [-0.2, -0.15) is 0 Å². The van der Waals surface area contributed by atoms with Crippen LogP contribution in [0, 0.1) is 29.3 Å². The minimum absolute atomic E-state index is 0.0295. The summed E-state index contributed by atoms with van der Waals surface area (Å²) < 4.78 is 44.0. The maximum absolute atomic E-state index is 15.0. The Labute approximate surface area is 173 Å². The van der Waals surface area contributed by atoms with Gasteiger partial charge in [0.1, 0.15) is 17.2 Å². The van der Waals surface area contributed by atoms with Crippen LogP contribution < -0.4 is 16.1 Å². The maximum atomic E-state index is 15.0. The molecule has 1 aliphatic carbocycles. The molecule has 3 N–H and O–H groups in total. The minimum atomic E-state index is -1.56. The molecular weight excluding hydrogens is 413 g/mol. The van der Waals surface area contributed by atoms with Crippen molar-refractivity contribution >= 4 is 22.8 Å².